The van der Waals surface area contributed by atoms with Crippen molar-refractivity contribution in [2.75, 3.05) is 25.9 Å². The van der Waals surface area contributed by atoms with Crippen LogP contribution in [0.5, 0.6) is 5.75 Å². The summed E-state index contributed by atoms with van der Waals surface area (Å²) in [6.07, 6.45) is 0.436. The third kappa shape index (κ3) is 2.56. The van der Waals surface area contributed by atoms with E-state index in [9.17, 15) is 13.2 Å². The monoisotopic (exact) mass is 299 g/mol. The fourth-order valence-corrected chi connectivity index (χ4v) is 3.85. The smallest absolute Gasteiger partial charge is 0.246 e. The van der Waals surface area contributed by atoms with Crippen molar-refractivity contribution >= 4 is 21.6 Å². The van der Waals surface area contributed by atoms with Crippen molar-refractivity contribution in [2.24, 2.45) is 11.7 Å². The SMILES string of the molecule is COc1cc(N)ccc1S(=O)(=O)N1CCC(C(N)=O)C1. The first-order valence-corrected chi connectivity index (χ1v) is 7.53. The van der Waals surface area contributed by atoms with Gasteiger partial charge in [0, 0.05) is 24.8 Å². The highest BCUT2D eigenvalue weighted by Gasteiger charge is 2.36. The second-order valence-electron chi connectivity index (χ2n) is 4.66. The number of primary amides is 1. The molecule has 2 rings (SSSR count). The number of ether oxygens (including phenoxy) is 1. The van der Waals surface area contributed by atoms with Crippen LogP contribution < -0.4 is 16.2 Å². The Morgan fingerprint density at radius 2 is 2.15 bits per heavy atom. The Bertz CT molecular complexity index is 630. The van der Waals surface area contributed by atoms with Gasteiger partial charge in [-0.15, -0.1) is 0 Å². The number of sulfonamides is 1. The molecule has 1 fully saturated rings. The van der Waals surface area contributed by atoms with E-state index in [-0.39, 0.29) is 23.7 Å². The minimum atomic E-state index is -3.72. The predicted molar refractivity (Wildman–Crippen MR) is 73.5 cm³/mol. The molecule has 1 amide bonds. The van der Waals surface area contributed by atoms with Crippen LogP contribution in [0.3, 0.4) is 0 Å². The number of methoxy groups -OCH3 is 1. The van der Waals surface area contributed by atoms with Gasteiger partial charge in [0.2, 0.25) is 15.9 Å². The number of carbonyl (C=O) groups excluding carboxylic acids is 1. The molecule has 4 N–H and O–H groups in total. The Morgan fingerprint density at radius 1 is 1.45 bits per heavy atom. The number of amides is 1. The number of hydrogen-bond donors (Lipinski definition) is 2. The zero-order valence-electron chi connectivity index (χ0n) is 11.1. The van der Waals surface area contributed by atoms with Crippen LogP contribution in [0.2, 0.25) is 0 Å². The van der Waals surface area contributed by atoms with E-state index in [2.05, 4.69) is 0 Å². The summed E-state index contributed by atoms with van der Waals surface area (Å²) in [6.45, 7) is 0.370. The van der Waals surface area contributed by atoms with Crippen LogP contribution in [0.25, 0.3) is 0 Å². The van der Waals surface area contributed by atoms with Gasteiger partial charge in [0.05, 0.1) is 13.0 Å². The molecule has 0 aliphatic carbocycles. The molecule has 8 heteroatoms. The van der Waals surface area contributed by atoms with Crippen molar-refractivity contribution in [1.82, 2.24) is 4.31 Å². The van der Waals surface area contributed by atoms with Gasteiger partial charge in [-0.25, -0.2) is 8.42 Å². The van der Waals surface area contributed by atoms with Gasteiger partial charge in [-0.05, 0) is 18.6 Å². The van der Waals surface area contributed by atoms with Gasteiger partial charge in [0.15, 0.2) is 0 Å². The molecule has 1 aromatic carbocycles. The van der Waals surface area contributed by atoms with Crippen LogP contribution >= 0.6 is 0 Å². The molecule has 110 valence electrons. The van der Waals surface area contributed by atoms with Crippen LogP contribution in [0.4, 0.5) is 5.69 Å². The second-order valence-corrected chi connectivity index (χ2v) is 6.57. The average molecular weight is 299 g/mol. The molecule has 0 radical (unpaired) electrons. The first-order chi connectivity index (χ1) is 9.36. The normalized spacial score (nSPS) is 19.9. The lowest BCUT2D eigenvalue weighted by Crippen LogP contribution is -2.32. The van der Waals surface area contributed by atoms with E-state index in [4.69, 9.17) is 16.2 Å². The molecule has 0 spiro atoms. The van der Waals surface area contributed by atoms with Crippen molar-refractivity contribution in [3.63, 3.8) is 0 Å². The number of nitrogens with two attached hydrogens (primary N) is 2. The maximum Gasteiger partial charge on any atom is 0.246 e. The largest absolute Gasteiger partial charge is 0.495 e. The zero-order valence-corrected chi connectivity index (χ0v) is 11.9. The maximum atomic E-state index is 12.5. The first-order valence-electron chi connectivity index (χ1n) is 6.09. The molecule has 1 unspecified atom stereocenters. The van der Waals surface area contributed by atoms with E-state index >= 15 is 0 Å². The first kappa shape index (κ1) is 14.6. The van der Waals surface area contributed by atoms with Gasteiger partial charge in [-0.3, -0.25) is 4.79 Å². The molecule has 1 aliphatic rings. The van der Waals surface area contributed by atoms with E-state index in [0.717, 1.165) is 0 Å². The highest BCUT2D eigenvalue weighted by atomic mass is 32.2. The van der Waals surface area contributed by atoms with E-state index in [0.29, 0.717) is 12.1 Å². The summed E-state index contributed by atoms with van der Waals surface area (Å²) in [5, 5.41) is 0. The van der Waals surface area contributed by atoms with Crippen molar-refractivity contribution in [3.05, 3.63) is 18.2 Å². The van der Waals surface area contributed by atoms with Gasteiger partial charge >= 0.3 is 0 Å². The van der Waals surface area contributed by atoms with Crippen LogP contribution in [0.1, 0.15) is 6.42 Å². The van der Waals surface area contributed by atoms with E-state index < -0.39 is 21.8 Å². The number of nitrogens with zero attached hydrogens (tertiary/aromatic N) is 1. The second kappa shape index (κ2) is 5.29. The molecule has 1 heterocycles. The van der Waals surface area contributed by atoms with E-state index in [1.54, 1.807) is 0 Å². The molecule has 20 heavy (non-hydrogen) atoms. The molecule has 0 saturated carbocycles. The Labute approximate surface area is 117 Å². The molecule has 0 bridgehead atoms. The summed E-state index contributed by atoms with van der Waals surface area (Å²) in [6, 6.07) is 4.35. The molecule has 1 aliphatic heterocycles. The number of benzene rings is 1. The minimum absolute atomic E-state index is 0.0410. The molecular formula is C12H17N3O4S. The van der Waals surface area contributed by atoms with Gasteiger partial charge in [0.25, 0.3) is 0 Å². The van der Waals surface area contributed by atoms with E-state index in [1.165, 1.54) is 29.6 Å². The average Bonchev–Trinajstić information content (AvgIpc) is 2.88. The lowest BCUT2D eigenvalue weighted by atomic mass is 10.1. The minimum Gasteiger partial charge on any atom is -0.495 e. The van der Waals surface area contributed by atoms with Crippen LogP contribution in [-0.4, -0.2) is 38.8 Å². The summed E-state index contributed by atoms with van der Waals surface area (Å²) < 4.78 is 31.4. The lowest BCUT2D eigenvalue weighted by molar-refractivity contribution is -0.121. The molecule has 1 atom stereocenters. The number of carbonyl (C=O) groups is 1. The van der Waals surface area contributed by atoms with E-state index in [1.807, 2.05) is 0 Å². The molecule has 7 nitrogen and oxygen atoms in total. The van der Waals surface area contributed by atoms with Crippen molar-refractivity contribution in [3.8, 4) is 5.75 Å². The predicted octanol–water partition coefficient (Wildman–Crippen LogP) is -0.227. The zero-order chi connectivity index (χ0) is 14.9. The summed E-state index contributed by atoms with van der Waals surface area (Å²) >= 11 is 0. The van der Waals surface area contributed by atoms with Crippen LogP contribution in [0, 0.1) is 5.92 Å². The third-order valence-corrected chi connectivity index (χ3v) is 5.26. The molecule has 1 saturated heterocycles. The van der Waals surface area contributed by atoms with Gasteiger partial charge in [-0.2, -0.15) is 4.31 Å². The van der Waals surface area contributed by atoms with Gasteiger partial charge in [0.1, 0.15) is 10.6 Å². The number of hydrogen-bond acceptors (Lipinski definition) is 5. The Morgan fingerprint density at radius 3 is 2.70 bits per heavy atom. The standard InChI is InChI=1S/C12H17N3O4S/c1-19-10-6-9(13)2-3-11(10)20(17,18)15-5-4-8(7-15)12(14)16/h2-3,6,8H,4-5,7,13H2,1H3,(H2,14,16). The highest BCUT2D eigenvalue weighted by Crippen LogP contribution is 2.31. The van der Waals surface area contributed by atoms with Gasteiger partial charge in [-0.1, -0.05) is 0 Å². The van der Waals surface area contributed by atoms with Gasteiger partial charge < -0.3 is 16.2 Å². The van der Waals surface area contributed by atoms with Crippen molar-refractivity contribution in [1.29, 1.82) is 0 Å². The van der Waals surface area contributed by atoms with Crippen molar-refractivity contribution in [2.45, 2.75) is 11.3 Å². The topological polar surface area (TPSA) is 116 Å². The fourth-order valence-electron chi connectivity index (χ4n) is 2.22. The summed E-state index contributed by atoms with van der Waals surface area (Å²) in [7, 11) is -2.34. The molecule has 1 aromatic rings. The Hall–Kier alpha value is -1.80. The Balaban J connectivity index is 2.34. The van der Waals surface area contributed by atoms with Crippen LogP contribution in [-0.2, 0) is 14.8 Å². The summed E-state index contributed by atoms with van der Waals surface area (Å²) in [4.78, 5) is 11.2. The number of rotatable bonds is 4. The summed E-state index contributed by atoms with van der Waals surface area (Å²) in [5.74, 6) is -0.732. The van der Waals surface area contributed by atoms with Crippen molar-refractivity contribution < 1.29 is 17.9 Å². The third-order valence-electron chi connectivity index (χ3n) is 3.36. The van der Waals surface area contributed by atoms with Crippen LogP contribution in [0.15, 0.2) is 23.1 Å². The fraction of sp³-hybridized carbons (Fsp3) is 0.417. The number of anilines is 1. The summed E-state index contributed by atoms with van der Waals surface area (Å²) in [5.41, 5.74) is 11.2. The molecular weight excluding hydrogens is 282 g/mol. The molecule has 0 aromatic heterocycles. The number of nitrogen functional groups attached to an aromatic ring is 1. The highest BCUT2D eigenvalue weighted by molar-refractivity contribution is 7.89. The maximum absolute atomic E-state index is 12.5. The Kier molecular flexibility index (Phi) is 3.87. The lowest BCUT2D eigenvalue weighted by Gasteiger charge is -2.18. The quantitative estimate of drug-likeness (QED) is 0.745.